The molecular formula is C14H21NOS. The van der Waals surface area contributed by atoms with Crippen molar-refractivity contribution >= 4 is 11.8 Å². The molecule has 1 rings (SSSR count). The van der Waals surface area contributed by atoms with Gasteiger partial charge in [0.15, 0.2) is 0 Å². The molecule has 0 amide bonds. The Kier molecular flexibility index (Phi) is 5.09. The van der Waals surface area contributed by atoms with E-state index < -0.39 is 0 Å². The molecule has 0 radical (unpaired) electrons. The highest BCUT2D eigenvalue weighted by Gasteiger charge is 2.12. The van der Waals surface area contributed by atoms with Crippen LogP contribution in [0.2, 0.25) is 0 Å². The monoisotopic (exact) mass is 251 g/mol. The van der Waals surface area contributed by atoms with Crippen LogP contribution in [0.1, 0.15) is 31.9 Å². The first-order valence-electron chi connectivity index (χ1n) is 5.63. The average Bonchev–Trinajstić information content (AvgIpc) is 2.28. The highest BCUT2D eigenvalue weighted by atomic mass is 32.2. The summed E-state index contributed by atoms with van der Waals surface area (Å²) in [6.07, 6.45) is 1.96. The number of hydroxylamine groups is 1. The second kappa shape index (κ2) is 6.12. The third-order valence-corrected chi connectivity index (χ3v) is 3.07. The minimum Gasteiger partial charge on any atom is -0.271 e. The summed E-state index contributed by atoms with van der Waals surface area (Å²) in [6, 6.07) is 8.51. The van der Waals surface area contributed by atoms with Crippen molar-refractivity contribution in [2.24, 2.45) is 0 Å². The highest BCUT2D eigenvalue weighted by Crippen LogP contribution is 2.22. The van der Waals surface area contributed by atoms with Gasteiger partial charge in [-0.15, -0.1) is 11.8 Å². The lowest BCUT2D eigenvalue weighted by atomic mass is 9.87. The molecule has 0 aliphatic rings. The molecule has 0 aliphatic carbocycles. The van der Waals surface area contributed by atoms with Gasteiger partial charge in [0, 0.05) is 0 Å². The van der Waals surface area contributed by atoms with Gasteiger partial charge in [0.25, 0.3) is 0 Å². The number of hydrogen-bond donors (Lipinski definition) is 1. The van der Waals surface area contributed by atoms with E-state index in [1.165, 1.54) is 17.3 Å². The second-order valence-corrected chi connectivity index (χ2v) is 5.87. The molecule has 0 fully saturated rings. The van der Waals surface area contributed by atoms with E-state index in [-0.39, 0.29) is 5.41 Å². The molecule has 0 spiro atoms. The van der Waals surface area contributed by atoms with Crippen LogP contribution in [0.5, 0.6) is 0 Å². The second-order valence-electron chi connectivity index (χ2n) is 4.96. The number of nitrogens with one attached hydrogen (secondary N) is 1. The molecule has 0 bridgehead atoms. The Morgan fingerprint density at radius 1 is 1.29 bits per heavy atom. The van der Waals surface area contributed by atoms with Crippen LogP contribution in [0.4, 0.5) is 0 Å². The standard InChI is InChI=1S/C14H21NOS/c1-11(17-5)15-16-10-12-6-8-13(9-7-12)14(2,3)4/h6-9,15H,1,10H2,2-5H3. The molecule has 1 aromatic rings. The highest BCUT2D eigenvalue weighted by molar-refractivity contribution is 8.02. The van der Waals surface area contributed by atoms with Crippen molar-refractivity contribution in [3.8, 4) is 0 Å². The molecule has 94 valence electrons. The first kappa shape index (κ1) is 14.1. The van der Waals surface area contributed by atoms with Crippen LogP contribution in [0.15, 0.2) is 35.9 Å². The number of rotatable bonds is 5. The van der Waals surface area contributed by atoms with Crippen molar-refractivity contribution in [2.75, 3.05) is 6.26 Å². The van der Waals surface area contributed by atoms with E-state index in [0.29, 0.717) is 6.61 Å². The SMILES string of the molecule is C=C(NOCc1ccc(C(C)(C)C)cc1)SC. The summed E-state index contributed by atoms with van der Waals surface area (Å²) in [5.74, 6) is 0. The van der Waals surface area contributed by atoms with Crippen molar-refractivity contribution in [1.29, 1.82) is 0 Å². The fourth-order valence-electron chi connectivity index (χ4n) is 1.34. The Hall–Kier alpha value is -0.930. The van der Waals surface area contributed by atoms with Crippen LogP contribution < -0.4 is 5.48 Å². The third-order valence-electron chi connectivity index (χ3n) is 2.49. The molecule has 0 aliphatic heterocycles. The molecule has 2 nitrogen and oxygen atoms in total. The van der Waals surface area contributed by atoms with Crippen LogP contribution in [0.3, 0.4) is 0 Å². The zero-order chi connectivity index (χ0) is 12.9. The molecule has 0 saturated carbocycles. The van der Waals surface area contributed by atoms with Crippen molar-refractivity contribution in [3.63, 3.8) is 0 Å². The minimum atomic E-state index is 0.199. The normalized spacial score (nSPS) is 11.3. The van der Waals surface area contributed by atoms with Gasteiger partial charge in [-0.25, -0.2) is 0 Å². The van der Waals surface area contributed by atoms with E-state index in [0.717, 1.165) is 10.6 Å². The summed E-state index contributed by atoms with van der Waals surface area (Å²) in [4.78, 5) is 5.33. The Labute approximate surface area is 108 Å². The fraction of sp³-hybridized carbons (Fsp3) is 0.429. The van der Waals surface area contributed by atoms with E-state index in [9.17, 15) is 0 Å². The minimum absolute atomic E-state index is 0.199. The smallest absolute Gasteiger partial charge is 0.0997 e. The molecular weight excluding hydrogens is 230 g/mol. The summed E-state index contributed by atoms with van der Waals surface area (Å²) in [5.41, 5.74) is 5.48. The maximum atomic E-state index is 5.33. The molecule has 0 aromatic heterocycles. The third kappa shape index (κ3) is 4.84. The van der Waals surface area contributed by atoms with E-state index in [2.05, 4.69) is 57.1 Å². The van der Waals surface area contributed by atoms with Crippen LogP contribution in [0.25, 0.3) is 0 Å². The summed E-state index contributed by atoms with van der Waals surface area (Å²) in [6.45, 7) is 11.0. The molecule has 0 heterocycles. The molecule has 3 heteroatoms. The Morgan fingerprint density at radius 2 is 1.88 bits per heavy atom. The van der Waals surface area contributed by atoms with E-state index in [4.69, 9.17) is 4.84 Å². The van der Waals surface area contributed by atoms with Gasteiger partial charge in [0.05, 0.1) is 11.6 Å². The summed E-state index contributed by atoms with van der Waals surface area (Å²) < 4.78 is 0. The fourth-order valence-corrected chi connectivity index (χ4v) is 1.48. The molecule has 0 atom stereocenters. The molecule has 17 heavy (non-hydrogen) atoms. The van der Waals surface area contributed by atoms with Crippen molar-refractivity contribution in [2.45, 2.75) is 32.8 Å². The van der Waals surface area contributed by atoms with Crippen LogP contribution in [-0.4, -0.2) is 6.26 Å². The predicted octanol–water partition coefficient (Wildman–Crippen LogP) is 3.84. The van der Waals surface area contributed by atoms with Gasteiger partial charge in [-0.1, -0.05) is 51.6 Å². The Balaban J connectivity index is 2.49. The van der Waals surface area contributed by atoms with Crippen LogP contribution >= 0.6 is 11.8 Å². The molecule has 1 N–H and O–H groups in total. The maximum absolute atomic E-state index is 5.33. The van der Waals surface area contributed by atoms with E-state index in [1.54, 1.807) is 0 Å². The van der Waals surface area contributed by atoms with Gasteiger partial charge < -0.3 is 0 Å². The predicted molar refractivity (Wildman–Crippen MR) is 75.7 cm³/mol. The Morgan fingerprint density at radius 3 is 2.35 bits per heavy atom. The van der Waals surface area contributed by atoms with E-state index >= 15 is 0 Å². The van der Waals surface area contributed by atoms with Crippen molar-refractivity contribution < 1.29 is 4.84 Å². The molecule has 0 saturated heterocycles. The lowest BCUT2D eigenvalue weighted by Crippen LogP contribution is -2.12. The largest absolute Gasteiger partial charge is 0.271 e. The molecule has 0 unspecified atom stereocenters. The summed E-state index contributed by atoms with van der Waals surface area (Å²) in [7, 11) is 0. The molecule has 1 aromatic carbocycles. The number of benzene rings is 1. The first-order valence-corrected chi connectivity index (χ1v) is 6.86. The first-order chi connectivity index (χ1) is 7.93. The zero-order valence-corrected chi connectivity index (χ0v) is 11.9. The lowest BCUT2D eigenvalue weighted by molar-refractivity contribution is 0.0553. The van der Waals surface area contributed by atoms with Gasteiger partial charge in [-0.3, -0.25) is 10.3 Å². The topological polar surface area (TPSA) is 21.3 Å². The van der Waals surface area contributed by atoms with Crippen LogP contribution in [0, 0.1) is 0 Å². The zero-order valence-electron chi connectivity index (χ0n) is 11.0. The van der Waals surface area contributed by atoms with Gasteiger partial charge in [-0.2, -0.15) is 0 Å². The number of thioether (sulfide) groups is 1. The van der Waals surface area contributed by atoms with E-state index in [1.807, 2.05) is 6.26 Å². The Bertz CT molecular complexity index is 365. The van der Waals surface area contributed by atoms with Crippen LogP contribution in [-0.2, 0) is 16.9 Å². The summed E-state index contributed by atoms with van der Waals surface area (Å²) >= 11 is 1.54. The van der Waals surface area contributed by atoms with Gasteiger partial charge in [-0.05, 0) is 22.8 Å². The summed E-state index contributed by atoms with van der Waals surface area (Å²) in [5, 5.41) is 0.816. The maximum Gasteiger partial charge on any atom is 0.0997 e. The van der Waals surface area contributed by atoms with Gasteiger partial charge in [0.1, 0.15) is 0 Å². The quantitative estimate of drug-likeness (QED) is 0.803. The average molecular weight is 251 g/mol. The van der Waals surface area contributed by atoms with Gasteiger partial charge >= 0.3 is 0 Å². The van der Waals surface area contributed by atoms with Crippen molar-refractivity contribution in [1.82, 2.24) is 5.48 Å². The van der Waals surface area contributed by atoms with Crippen molar-refractivity contribution in [3.05, 3.63) is 47.0 Å². The van der Waals surface area contributed by atoms with Gasteiger partial charge in [0.2, 0.25) is 0 Å². The lowest BCUT2D eigenvalue weighted by Gasteiger charge is -2.19. The number of hydrogen-bond acceptors (Lipinski definition) is 3.